The molecule has 1 unspecified atom stereocenters. The first-order valence-corrected chi connectivity index (χ1v) is 5.01. The molecule has 0 fully saturated rings. The number of rotatable bonds is 6. The summed E-state index contributed by atoms with van der Waals surface area (Å²) in [7, 11) is 0. The van der Waals surface area contributed by atoms with E-state index >= 15 is 0 Å². The highest BCUT2D eigenvalue weighted by atomic mass is 16.4. The fourth-order valence-corrected chi connectivity index (χ4v) is 1.33. The van der Waals surface area contributed by atoms with Gasteiger partial charge >= 0.3 is 5.97 Å². The average Bonchev–Trinajstić information content (AvgIpc) is 2.29. The number of amides is 1. The maximum atomic E-state index is 10.9. The Morgan fingerprint density at radius 3 is 2.59 bits per heavy atom. The molecule has 1 atom stereocenters. The Kier molecular flexibility index (Phi) is 4.62. The predicted molar refractivity (Wildman–Crippen MR) is 60.3 cm³/mol. The summed E-state index contributed by atoms with van der Waals surface area (Å²) in [6, 6.07) is 6.50. The largest absolute Gasteiger partial charge is 0.478 e. The molecule has 0 aromatic heterocycles. The van der Waals surface area contributed by atoms with Crippen molar-refractivity contribution in [2.45, 2.75) is 12.6 Å². The van der Waals surface area contributed by atoms with Gasteiger partial charge in [-0.2, -0.15) is 0 Å². The SMILES string of the molecule is NC(=O)C(O)CNCc1ccccc1C(=O)O. The van der Waals surface area contributed by atoms with E-state index in [0.29, 0.717) is 5.56 Å². The van der Waals surface area contributed by atoms with E-state index in [4.69, 9.17) is 15.9 Å². The molecule has 17 heavy (non-hydrogen) atoms. The Morgan fingerprint density at radius 2 is 2.00 bits per heavy atom. The summed E-state index contributed by atoms with van der Waals surface area (Å²) in [4.78, 5) is 21.4. The van der Waals surface area contributed by atoms with E-state index in [0.717, 1.165) is 0 Å². The molecule has 0 aliphatic carbocycles. The van der Waals surface area contributed by atoms with Crippen LogP contribution in [0.2, 0.25) is 0 Å². The van der Waals surface area contributed by atoms with Crippen molar-refractivity contribution in [1.82, 2.24) is 5.32 Å². The van der Waals surface area contributed by atoms with Crippen LogP contribution in [0.15, 0.2) is 24.3 Å². The molecule has 1 amide bonds. The van der Waals surface area contributed by atoms with Crippen molar-refractivity contribution in [3.8, 4) is 0 Å². The summed E-state index contributed by atoms with van der Waals surface area (Å²) in [6.45, 7) is 0.232. The lowest BCUT2D eigenvalue weighted by molar-refractivity contribution is -0.125. The van der Waals surface area contributed by atoms with Crippen LogP contribution in [0.4, 0.5) is 0 Å². The number of carbonyl (C=O) groups is 2. The second-order valence-electron chi connectivity index (χ2n) is 3.51. The van der Waals surface area contributed by atoms with Gasteiger partial charge in [0.15, 0.2) is 0 Å². The lowest BCUT2D eigenvalue weighted by Gasteiger charge is -2.10. The normalized spacial score (nSPS) is 12.1. The number of carboxylic acids is 1. The van der Waals surface area contributed by atoms with Crippen LogP contribution >= 0.6 is 0 Å². The van der Waals surface area contributed by atoms with Crippen molar-refractivity contribution in [3.63, 3.8) is 0 Å². The molecule has 0 bridgehead atoms. The van der Waals surface area contributed by atoms with Crippen LogP contribution < -0.4 is 11.1 Å². The highest BCUT2D eigenvalue weighted by molar-refractivity contribution is 5.89. The predicted octanol–water partition coefficient (Wildman–Crippen LogP) is -0.679. The third kappa shape index (κ3) is 3.86. The van der Waals surface area contributed by atoms with Crippen molar-refractivity contribution >= 4 is 11.9 Å². The maximum absolute atomic E-state index is 10.9. The van der Waals surface area contributed by atoms with Crippen LogP contribution in [0.1, 0.15) is 15.9 Å². The molecule has 0 aliphatic heterocycles. The van der Waals surface area contributed by atoms with E-state index in [1.807, 2.05) is 0 Å². The number of carboxylic acid groups (broad SMARTS) is 1. The molecule has 0 radical (unpaired) electrons. The van der Waals surface area contributed by atoms with Gasteiger partial charge in [0.2, 0.25) is 5.91 Å². The van der Waals surface area contributed by atoms with E-state index in [9.17, 15) is 9.59 Å². The molecule has 0 spiro atoms. The van der Waals surface area contributed by atoms with Gasteiger partial charge in [-0.25, -0.2) is 4.79 Å². The molecule has 5 N–H and O–H groups in total. The van der Waals surface area contributed by atoms with Crippen LogP contribution in [0.25, 0.3) is 0 Å². The van der Waals surface area contributed by atoms with Gasteiger partial charge in [-0.1, -0.05) is 18.2 Å². The Labute approximate surface area is 98.1 Å². The van der Waals surface area contributed by atoms with Crippen molar-refractivity contribution in [2.24, 2.45) is 5.73 Å². The van der Waals surface area contributed by atoms with Gasteiger partial charge in [0.1, 0.15) is 6.10 Å². The number of nitrogens with two attached hydrogens (primary N) is 1. The molecular weight excluding hydrogens is 224 g/mol. The molecule has 1 aromatic carbocycles. The standard InChI is InChI=1S/C11H14N2O4/c12-10(15)9(14)6-13-5-7-3-1-2-4-8(7)11(16)17/h1-4,9,13-14H,5-6H2,(H2,12,15)(H,16,17). The Balaban J connectivity index is 2.58. The van der Waals surface area contributed by atoms with Crippen LogP contribution in [-0.4, -0.2) is 34.7 Å². The first kappa shape index (κ1) is 13.1. The number of aliphatic hydroxyl groups excluding tert-OH is 1. The molecule has 1 aromatic rings. The molecule has 0 aliphatic rings. The molecule has 6 heteroatoms. The number of carbonyl (C=O) groups excluding carboxylic acids is 1. The van der Waals surface area contributed by atoms with Crippen molar-refractivity contribution in [3.05, 3.63) is 35.4 Å². The molecule has 0 saturated heterocycles. The molecule has 0 heterocycles. The Morgan fingerprint density at radius 1 is 1.35 bits per heavy atom. The van der Waals surface area contributed by atoms with Crippen LogP contribution in [-0.2, 0) is 11.3 Å². The summed E-state index contributed by atoms with van der Waals surface area (Å²) >= 11 is 0. The fourth-order valence-electron chi connectivity index (χ4n) is 1.33. The number of aromatic carboxylic acids is 1. The third-order valence-corrected chi connectivity index (χ3v) is 2.23. The first-order chi connectivity index (χ1) is 8.02. The van der Waals surface area contributed by atoms with E-state index < -0.39 is 18.0 Å². The Bertz CT molecular complexity index is 420. The zero-order chi connectivity index (χ0) is 12.8. The third-order valence-electron chi connectivity index (χ3n) is 2.23. The topological polar surface area (TPSA) is 113 Å². The minimum Gasteiger partial charge on any atom is -0.478 e. The van der Waals surface area contributed by atoms with Crippen LogP contribution in [0.5, 0.6) is 0 Å². The van der Waals surface area contributed by atoms with Crippen LogP contribution in [0.3, 0.4) is 0 Å². The zero-order valence-corrected chi connectivity index (χ0v) is 9.09. The molecule has 1 rings (SSSR count). The van der Waals surface area contributed by atoms with E-state index in [1.54, 1.807) is 18.2 Å². The van der Waals surface area contributed by atoms with Gasteiger partial charge in [-0.15, -0.1) is 0 Å². The number of primary amides is 1. The average molecular weight is 238 g/mol. The highest BCUT2D eigenvalue weighted by Gasteiger charge is 2.11. The number of hydrogen-bond acceptors (Lipinski definition) is 4. The molecule has 6 nitrogen and oxygen atoms in total. The van der Waals surface area contributed by atoms with E-state index in [2.05, 4.69) is 5.32 Å². The maximum Gasteiger partial charge on any atom is 0.336 e. The molecule has 92 valence electrons. The number of nitrogens with one attached hydrogen (secondary N) is 1. The lowest BCUT2D eigenvalue weighted by Crippen LogP contribution is -2.37. The minimum absolute atomic E-state index is 0.0106. The minimum atomic E-state index is -1.27. The van der Waals surface area contributed by atoms with E-state index in [1.165, 1.54) is 6.07 Å². The van der Waals surface area contributed by atoms with Gasteiger partial charge in [-0.3, -0.25) is 4.79 Å². The molecular formula is C11H14N2O4. The van der Waals surface area contributed by atoms with Crippen molar-refractivity contribution in [2.75, 3.05) is 6.54 Å². The number of hydrogen-bond donors (Lipinski definition) is 4. The van der Waals surface area contributed by atoms with Gasteiger partial charge in [0.05, 0.1) is 5.56 Å². The summed E-state index contributed by atoms with van der Waals surface area (Å²) in [6.07, 6.45) is -1.27. The summed E-state index contributed by atoms with van der Waals surface area (Å²) in [5, 5.41) is 20.8. The van der Waals surface area contributed by atoms with Crippen molar-refractivity contribution < 1.29 is 19.8 Å². The van der Waals surface area contributed by atoms with E-state index in [-0.39, 0.29) is 18.7 Å². The number of aliphatic hydroxyl groups is 1. The smallest absolute Gasteiger partial charge is 0.336 e. The quantitative estimate of drug-likeness (QED) is 0.524. The zero-order valence-electron chi connectivity index (χ0n) is 9.09. The summed E-state index contributed by atoms with van der Waals surface area (Å²) in [5.74, 6) is -1.83. The van der Waals surface area contributed by atoms with Gasteiger partial charge < -0.3 is 21.3 Å². The van der Waals surface area contributed by atoms with Gasteiger partial charge in [-0.05, 0) is 11.6 Å². The number of benzene rings is 1. The summed E-state index contributed by atoms with van der Waals surface area (Å²) in [5.41, 5.74) is 5.64. The Hall–Kier alpha value is -1.92. The van der Waals surface area contributed by atoms with Crippen molar-refractivity contribution in [1.29, 1.82) is 0 Å². The summed E-state index contributed by atoms with van der Waals surface area (Å²) < 4.78 is 0. The highest BCUT2D eigenvalue weighted by Crippen LogP contribution is 2.08. The molecule has 0 saturated carbocycles. The second kappa shape index (κ2) is 5.97. The fraction of sp³-hybridized carbons (Fsp3) is 0.273. The second-order valence-corrected chi connectivity index (χ2v) is 3.51. The monoisotopic (exact) mass is 238 g/mol. The van der Waals surface area contributed by atoms with Gasteiger partial charge in [0.25, 0.3) is 0 Å². The van der Waals surface area contributed by atoms with Gasteiger partial charge in [0, 0.05) is 13.1 Å². The van der Waals surface area contributed by atoms with Crippen LogP contribution in [0, 0.1) is 0 Å². The lowest BCUT2D eigenvalue weighted by atomic mass is 10.1. The first-order valence-electron chi connectivity index (χ1n) is 5.01.